The molecule has 3 nitrogen and oxygen atoms in total. The van der Waals surface area contributed by atoms with Crippen molar-refractivity contribution in [2.24, 2.45) is 0 Å². The van der Waals surface area contributed by atoms with Gasteiger partial charge < -0.3 is 9.64 Å². The van der Waals surface area contributed by atoms with Crippen LogP contribution in [0.25, 0.3) is 0 Å². The van der Waals surface area contributed by atoms with Gasteiger partial charge in [-0.1, -0.05) is 45.0 Å². The minimum atomic E-state index is -0.438. The molecule has 1 unspecified atom stereocenters. The molecule has 1 atom stereocenters. The Balaban J connectivity index is 0.00000106. The highest BCUT2D eigenvalue weighted by Crippen LogP contribution is 2.26. The van der Waals surface area contributed by atoms with Crippen molar-refractivity contribution in [3.63, 3.8) is 0 Å². The molecule has 1 aliphatic rings. The summed E-state index contributed by atoms with van der Waals surface area (Å²) in [7, 11) is 0. The van der Waals surface area contributed by atoms with Crippen molar-refractivity contribution < 1.29 is 9.53 Å². The summed E-state index contributed by atoms with van der Waals surface area (Å²) in [5.74, 6) is 0. The molecule has 3 heteroatoms. The molecular weight excluding hydrogens is 262 g/mol. The molecule has 0 N–H and O–H groups in total. The molecule has 1 aromatic rings. The fourth-order valence-electron chi connectivity index (χ4n) is 2.49. The summed E-state index contributed by atoms with van der Waals surface area (Å²) in [5, 5.41) is 0. The van der Waals surface area contributed by atoms with E-state index in [1.165, 1.54) is 11.1 Å². The number of rotatable bonds is 1. The maximum atomic E-state index is 12.3. The fourth-order valence-corrected chi connectivity index (χ4v) is 2.49. The van der Waals surface area contributed by atoms with E-state index in [1.807, 2.05) is 45.6 Å². The van der Waals surface area contributed by atoms with Crippen LogP contribution in [0, 0.1) is 0 Å². The number of hydrogen-bond donors (Lipinski definition) is 0. The smallest absolute Gasteiger partial charge is 0.410 e. The lowest BCUT2D eigenvalue weighted by atomic mass is 9.93. The van der Waals surface area contributed by atoms with Gasteiger partial charge in [0.05, 0.1) is 0 Å². The molecule has 21 heavy (non-hydrogen) atoms. The number of hydrogen-bond acceptors (Lipinski definition) is 2. The summed E-state index contributed by atoms with van der Waals surface area (Å²) in [5.41, 5.74) is 2.15. The van der Waals surface area contributed by atoms with Crippen LogP contribution >= 0.6 is 0 Å². The largest absolute Gasteiger partial charge is 0.444 e. The van der Waals surface area contributed by atoms with Gasteiger partial charge in [0.25, 0.3) is 0 Å². The second-order valence-corrected chi connectivity index (χ2v) is 6.14. The van der Waals surface area contributed by atoms with Gasteiger partial charge in [-0.15, -0.1) is 0 Å². The second kappa shape index (κ2) is 7.48. The van der Waals surface area contributed by atoms with E-state index in [0.717, 1.165) is 12.8 Å². The minimum Gasteiger partial charge on any atom is -0.444 e. The zero-order valence-electron chi connectivity index (χ0n) is 14.3. The van der Waals surface area contributed by atoms with Gasteiger partial charge in [0.1, 0.15) is 5.60 Å². The monoisotopic (exact) mass is 291 g/mol. The van der Waals surface area contributed by atoms with Crippen LogP contribution in [0.2, 0.25) is 0 Å². The lowest BCUT2D eigenvalue weighted by Crippen LogP contribution is -2.46. The van der Waals surface area contributed by atoms with E-state index in [9.17, 15) is 4.79 Å². The predicted octanol–water partition coefficient (Wildman–Crippen LogP) is 4.78. The molecule has 118 valence electrons. The van der Waals surface area contributed by atoms with Gasteiger partial charge in [-0.25, -0.2) is 4.79 Å². The van der Waals surface area contributed by atoms with Crippen molar-refractivity contribution in [2.45, 2.75) is 72.6 Å². The number of amides is 1. The van der Waals surface area contributed by atoms with Crippen molar-refractivity contribution in [3.8, 4) is 0 Å². The normalized spacial score (nSPS) is 17.4. The zero-order chi connectivity index (χ0) is 16.0. The molecule has 2 rings (SSSR count). The Hall–Kier alpha value is -1.51. The summed E-state index contributed by atoms with van der Waals surface area (Å²) in [6.07, 6.45) is 1.67. The van der Waals surface area contributed by atoms with Crippen molar-refractivity contribution in [1.82, 2.24) is 4.90 Å². The second-order valence-electron chi connectivity index (χ2n) is 6.14. The van der Waals surface area contributed by atoms with Gasteiger partial charge in [-0.2, -0.15) is 0 Å². The molecule has 0 saturated carbocycles. The first kappa shape index (κ1) is 17.5. The van der Waals surface area contributed by atoms with E-state index in [4.69, 9.17) is 4.74 Å². The molecule has 0 spiro atoms. The fraction of sp³-hybridized carbons (Fsp3) is 0.611. The molecular formula is C18H29NO2. The SMILES string of the molecule is CC.CCC1Cc2ccccc2CN1C(=O)OC(C)(C)C. The average molecular weight is 291 g/mol. The highest BCUT2D eigenvalue weighted by atomic mass is 16.6. The van der Waals surface area contributed by atoms with Crippen LogP contribution in [0.3, 0.4) is 0 Å². The molecule has 0 bridgehead atoms. The van der Waals surface area contributed by atoms with Gasteiger partial charge in [-0.3, -0.25) is 0 Å². The molecule has 0 radical (unpaired) electrons. The van der Waals surface area contributed by atoms with Crippen LogP contribution < -0.4 is 0 Å². The van der Waals surface area contributed by atoms with Gasteiger partial charge >= 0.3 is 6.09 Å². The van der Waals surface area contributed by atoms with Crippen LogP contribution in [0.1, 0.15) is 59.1 Å². The van der Waals surface area contributed by atoms with Gasteiger partial charge in [-0.05, 0) is 44.7 Å². The van der Waals surface area contributed by atoms with Crippen molar-refractivity contribution in [1.29, 1.82) is 0 Å². The summed E-state index contributed by atoms with van der Waals surface area (Å²) >= 11 is 0. The van der Waals surface area contributed by atoms with Gasteiger partial charge in [0.15, 0.2) is 0 Å². The van der Waals surface area contributed by atoms with Crippen LogP contribution in [0.4, 0.5) is 4.79 Å². The van der Waals surface area contributed by atoms with Crippen LogP contribution in [0.15, 0.2) is 24.3 Å². The predicted molar refractivity (Wildman–Crippen MR) is 87.4 cm³/mol. The quantitative estimate of drug-likeness (QED) is 0.745. The number of nitrogens with zero attached hydrogens (tertiary/aromatic N) is 1. The van der Waals surface area contributed by atoms with E-state index in [1.54, 1.807) is 0 Å². The maximum Gasteiger partial charge on any atom is 0.410 e. The van der Waals surface area contributed by atoms with E-state index >= 15 is 0 Å². The molecule has 1 heterocycles. The van der Waals surface area contributed by atoms with E-state index in [0.29, 0.717) is 6.54 Å². The first-order valence-corrected chi connectivity index (χ1v) is 7.97. The lowest BCUT2D eigenvalue weighted by Gasteiger charge is -2.37. The summed E-state index contributed by atoms with van der Waals surface area (Å²) < 4.78 is 5.51. The Morgan fingerprint density at radius 1 is 1.24 bits per heavy atom. The molecule has 0 saturated heterocycles. The third-order valence-corrected chi connectivity index (χ3v) is 3.45. The summed E-state index contributed by atoms with van der Waals surface area (Å²) in [6, 6.07) is 8.58. The zero-order valence-corrected chi connectivity index (χ0v) is 14.3. The average Bonchev–Trinajstić information content (AvgIpc) is 2.46. The van der Waals surface area contributed by atoms with E-state index in [-0.39, 0.29) is 12.1 Å². The van der Waals surface area contributed by atoms with Crippen molar-refractivity contribution in [2.75, 3.05) is 0 Å². The first-order chi connectivity index (χ1) is 9.90. The van der Waals surface area contributed by atoms with Gasteiger partial charge in [0, 0.05) is 12.6 Å². The Morgan fingerprint density at radius 3 is 2.33 bits per heavy atom. The minimum absolute atomic E-state index is 0.200. The molecule has 1 amide bonds. The van der Waals surface area contributed by atoms with E-state index < -0.39 is 5.60 Å². The molecule has 1 aliphatic heterocycles. The third kappa shape index (κ3) is 4.76. The summed E-state index contributed by atoms with van der Waals surface area (Å²) in [6.45, 7) is 12.5. The maximum absolute atomic E-state index is 12.3. The molecule has 0 fully saturated rings. The standard InChI is InChI=1S/C16H23NO2.C2H6/c1-5-14-10-12-8-6-7-9-13(12)11-17(14)15(18)19-16(2,3)4;1-2/h6-9,14H,5,10-11H2,1-4H3;1-2H3. The summed E-state index contributed by atoms with van der Waals surface area (Å²) in [4.78, 5) is 14.2. The Kier molecular flexibility index (Phi) is 6.25. The lowest BCUT2D eigenvalue weighted by molar-refractivity contribution is 0.0115. The van der Waals surface area contributed by atoms with Crippen LogP contribution in [-0.4, -0.2) is 22.6 Å². The van der Waals surface area contributed by atoms with Crippen LogP contribution in [0.5, 0.6) is 0 Å². The number of carbonyl (C=O) groups is 1. The van der Waals surface area contributed by atoms with Crippen molar-refractivity contribution in [3.05, 3.63) is 35.4 Å². The topological polar surface area (TPSA) is 29.5 Å². The Bertz CT molecular complexity index is 463. The van der Waals surface area contributed by atoms with Crippen LogP contribution in [-0.2, 0) is 17.7 Å². The molecule has 0 aliphatic carbocycles. The number of ether oxygens (including phenoxy) is 1. The molecule has 0 aromatic heterocycles. The highest BCUT2D eigenvalue weighted by Gasteiger charge is 2.31. The first-order valence-electron chi connectivity index (χ1n) is 7.97. The van der Waals surface area contributed by atoms with Crippen molar-refractivity contribution >= 4 is 6.09 Å². The van der Waals surface area contributed by atoms with Gasteiger partial charge in [0.2, 0.25) is 0 Å². The third-order valence-electron chi connectivity index (χ3n) is 3.45. The number of carbonyl (C=O) groups excluding carboxylic acids is 1. The molecule has 1 aromatic carbocycles. The Labute approximate surface area is 129 Å². The number of benzene rings is 1. The van der Waals surface area contributed by atoms with E-state index in [2.05, 4.69) is 25.1 Å². The number of fused-ring (bicyclic) bond motifs is 1. The Morgan fingerprint density at radius 2 is 1.81 bits per heavy atom. The highest BCUT2D eigenvalue weighted by molar-refractivity contribution is 5.69.